The quantitative estimate of drug-likeness (QED) is 0.517. The van der Waals surface area contributed by atoms with Crippen molar-refractivity contribution in [3.8, 4) is 0 Å². The minimum atomic E-state index is -0.412. The summed E-state index contributed by atoms with van der Waals surface area (Å²) in [5.41, 5.74) is 1.08. The second-order valence-electron chi connectivity index (χ2n) is 8.65. The number of rotatable bonds is 5. The van der Waals surface area contributed by atoms with Crippen LogP contribution in [0.25, 0.3) is 0 Å². The van der Waals surface area contributed by atoms with Gasteiger partial charge in [-0.3, -0.25) is 4.79 Å². The van der Waals surface area contributed by atoms with E-state index in [1.165, 1.54) is 62.7 Å². The average Bonchev–Trinajstić information content (AvgIpc) is 3.31. The first-order valence-corrected chi connectivity index (χ1v) is 12.4. The number of piperidine rings is 1. The lowest BCUT2D eigenvalue weighted by Gasteiger charge is -2.39. The van der Waals surface area contributed by atoms with Gasteiger partial charge in [-0.25, -0.2) is 19.9 Å². The van der Waals surface area contributed by atoms with Crippen LogP contribution in [0.5, 0.6) is 0 Å². The Kier molecular flexibility index (Phi) is 6.46. The SMILES string of the molecule is O=C(Nc1cccc(Sc2cnc(N3CCC4(CCCC4)CC3)cn2)c1Cl)c1ncccn1. The van der Waals surface area contributed by atoms with Gasteiger partial charge in [0.25, 0.3) is 5.91 Å². The predicted octanol–water partition coefficient (Wildman–Crippen LogP) is 5.48. The lowest BCUT2D eigenvalue weighted by atomic mass is 9.77. The van der Waals surface area contributed by atoms with E-state index in [0.29, 0.717) is 16.1 Å². The van der Waals surface area contributed by atoms with E-state index in [2.05, 4.69) is 30.2 Å². The maximum Gasteiger partial charge on any atom is 0.293 e. The molecule has 0 atom stereocenters. The molecule has 1 aromatic carbocycles. The number of carbonyl (C=O) groups excluding carboxylic acids is 1. The minimum Gasteiger partial charge on any atom is -0.355 e. The standard InChI is InChI=1S/C24H25ClN6OS/c25-21-17(30-23(32)22-26-11-4-12-27-22)5-3-6-18(21)33-20-16-28-19(15-29-20)31-13-9-24(10-14-31)7-1-2-8-24/h3-6,11-12,15-16H,1-2,7-10,13-14H2,(H,30,32). The van der Waals surface area contributed by atoms with Crippen molar-refractivity contribution < 1.29 is 4.79 Å². The molecule has 1 aliphatic carbocycles. The fraction of sp³-hybridized carbons (Fsp3) is 0.375. The Balaban J connectivity index is 1.23. The highest BCUT2D eigenvalue weighted by Crippen LogP contribution is 2.46. The summed E-state index contributed by atoms with van der Waals surface area (Å²) in [6.07, 6.45) is 14.8. The molecule has 2 aliphatic rings. The molecule has 2 fully saturated rings. The molecule has 1 saturated carbocycles. The molecule has 1 N–H and O–H groups in total. The summed E-state index contributed by atoms with van der Waals surface area (Å²) >= 11 is 7.99. The average molecular weight is 481 g/mol. The zero-order valence-electron chi connectivity index (χ0n) is 18.2. The van der Waals surface area contributed by atoms with Crippen LogP contribution in [-0.2, 0) is 0 Å². The van der Waals surface area contributed by atoms with Crippen LogP contribution >= 0.6 is 23.4 Å². The third-order valence-corrected chi connectivity index (χ3v) is 8.12. The number of hydrogen-bond donors (Lipinski definition) is 1. The number of carbonyl (C=O) groups is 1. The molecule has 5 rings (SSSR count). The summed E-state index contributed by atoms with van der Waals surface area (Å²) in [6.45, 7) is 2.11. The molecule has 33 heavy (non-hydrogen) atoms. The van der Waals surface area contributed by atoms with Crippen LogP contribution in [0.1, 0.15) is 49.1 Å². The fourth-order valence-electron chi connectivity index (χ4n) is 4.75. The molecule has 1 spiro atoms. The van der Waals surface area contributed by atoms with E-state index in [1.807, 2.05) is 18.3 Å². The Morgan fingerprint density at radius 2 is 1.73 bits per heavy atom. The smallest absolute Gasteiger partial charge is 0.293 e. The third kappa shape index (κ3) is 4.96. The van der Waals surface area contributed by atoms with E-state index in [9.17, 15) is 4.79 Å². The molecule has 0 bridgehead atoms. The maximum absolute atomic E-state index is 12.4. The van der Waals surface area contributed by atoms with Crippen molar-refractivity contribution in [2.24, 2.45) is 5.41 Å². The lowest BCUT2D eigenvalue weighted by Crippen LogP contribution is -2.39. The van der Waals surface area contributed by atoms with Crippen LogP contribution in [0, 0.1) is 5.41 Å². The van der Waals surface area contributed by atoms with E-state index in [4.69, 9.17) is 11.6 Å². The van der Waals surface area contributed by atoms with Crippen LogP contribution in [-0.4, -0.2) is 38.9 Å². The highest BCUT2D eigenvalue weighted by Gasteiger charge is 2.37. The van der Waals surface area contributed by atoms with Gasteiger partial charge in [-0.15, -0.1) is 0 Å². The van der Waals surface area contributed by atoms with Gasteiger partial charge in [0.2, 0.25) is 5.82 Å². The summed E-state index contributed by atoms with van der Waals surface area (Å²) < 4.78 is 0. The van der Waals surface area contributed by atoms with Gasteiger partial charge < -0.3 is 10.2 Å². The molecule has 1 amide bonds. The fourth-order valence-corrected chi connectivity index (χ4v) is 5.83. The monoisotopic (exact) mass is 480 g/mol. The normalized spacial score (nSPS) is 17.3. The van der Waals surface area contributed by atoms with Crippen molar-refractivity contribution in [3.63, 3.8) is 0 Å². The summed E-state index contributed by atoms with van der Waals surface area (Å²) in [6, 6.07) is 7.13. The van der Waals surface area contributed by atoms with Crippen LogP contribution in [0.2, 0.25) is 5.02 Å². The van der Waals surface area contributed by atoms with Crippen LogP contribution < -0.4 is 10.2 Å². The van der Waals surface area contributed by atoms with E-state index in [0.717, 1.165) is 28.8 Å². The highest BCUT2D eigenvalue weighted by atomic mass is 35.5. The Bertz CT molecular complexity index is 1110. The number of anilines is 2. The molecule has 1 saturated heterocycles. The van der Waals surface area contributed by atoms with Crippen molar-refractivity contribution in [2.75, 3.05) is 23.3 Å². The molecule has 3 heterocycles. The summed E-state index contributed by atoms with van der Waals surface area (Å²) in [4.78, 5) is 32.7. The number of amides is 1. The molecular formula is C24H25ClN6OS. The van der Waals surface area contributed by atoms with Crippen LogP contribution in [0.4, 0.5) is 11.5 Å². The first-order chi connectivity index (χ1) is 16.1. The second kappa shape index (κ2) is 9.65. The molecule has 0 unspecified atom stereocenters. The second-order valence-corrected chi connectivity index (χ2v) is 10.1. The Morgan fingerprint density at radius 3 is 2.42 bits per heavy atom. The molecule has 7 nitrogen and oxygen atoms in total. The van der Waals surface area contributed by atoms with Gasteiger partial charge in [0, 0.05) is 30.4 Å². The van der Waals surface area contributed by atoms with Crippen molar-refractivity contribution in [1.82, 2.24) is 19.9 Å². The number of halogens is 1. The molecule has 170 valence electrons. The van der Waals surface area contributed by atoms with Crippen LogP contribution in [0.3, 0.4) is 0 Å². The van der Waals surface area contributed by atoms with Crippen molar-refractivity contribution in [1.29, 1.82) is 0 Å². The topological polar surface area (TPSA) is 83.9 Å². The number of benzene rings is 1. The van der Waals surface area contributed by atoms with Gasteiger partial charge in [0.05, 0.1) is 23.1 Å². The lowest BCUT2D eigenvalue weighted by molar-refractivity contribution is 0.101. The van der Waals surface area contributed by atoms with Gasteiger partial charge >= 0.3 is 0 Å². The van der Waals surface area contributed by atoms with Crippen molar-refractivity contribution >= 4 is 40.8 Å². The Hall–Kier alpha value is -2.71. The summed E-state index contributed by atoms with van der Waals surface area (Å²) in [5.74, 6) is 0.608. The molecule has 2 aromatic heterocycles. The van der Waals surface area contributed by atoms with Gasteiger partial charge in [-0.2, -0.15) is 0 Å². The zero-order chi connectivity index (χ0) is 22.7. The van der Waals surface area contributed by atoms with E-state index < -0.39 is 5.91 Å². The predicted molar refractivity (Wildman–Crippen MR) is 130 cm³/mol. The van der Waals surface area contributed by atoms with Gasteiger partial charge in [0.1, 0.15) is 10.8 Å². The molecule has 3 aromatic rings. The highest BCUT2D eigenvalue weighted by molar-refractivity contribution is 7.99. The first-order valence-electron chi connectivity index (χ1n) is 11.2. The van der Waals surface area contributed by atoms with E-state index >= 15 is 0 Å². The summed E-state index contributed by atoms with van der Waals surface area (Å²) in [5, 5.41) is 3.96. The number of hydrogen-bond acceptors (Lipinski definition) is 7. The molecule has 0 radical (unpaired) electrons. The van der Waals surface area contributed by atoms with E-state index in [1.54, 1.807) is 18.3 Å². The Morgan fingerprint density at radius 1 is 0.970 bits per heavy atom. The van der Waals surface area contributed by atoms with Gasteiger partial charge in [-0.1, -0.05) is 42.3 Å². The zero-order valence-corrected chi connectivity index (χ0v) is 19.8. The Labute approximate surface area is 202 Å². The number of nitrogens with zero attached hydrogens (tertiary/aromatic N) is 5. The molecular weight excluding hydrogens is 456 g/mol. The minimum absolute atomic E-state index is 0.0876. The van der Waals surface area contributed by atoms with E-state index in [-0.39, 0.29) is 5.82 Å². The third-order valence-electron chi connectivity index (χ3n) is 6.62. The van der Waals surface area contributed by atoms with Gasteiger partial charge in [-0.05, 0) is 49.3 Å². The van der Waals surface area contributed by atoms with Crippen molar-refractivity contribution in [2.45, 2.75) is 48.4 Å². The molecule has 9 heteroatoms. The maximum atomic E-state index is 12.4. The van der Waals surface area contributed by atoms with Crippen molar-refractivity contribution in [3.05, 3.63) is 59.9 Å². The molecule has 1 aliphatic heterocycles. The number of nitrogens with one attached hydrogen (secondary N) is 1. The first kappa shape index (κ1) is 22.1. The largest absolute Gasteiger partial charge is 0.355 e. The van der Waals surface area contributed by atoms with Crippen LogP contribution in [0.15, 0.2) is 59.0 Å². The van der Waals surface area contributed by atoms with Gasteiger partial charge in [0.15, 0.2) is 0 Å². The number of aromatic nitrogens is 4. The summed E-state index contributed by atoms with van der Waals surface area (Å²) in [7, 11) is 0.